The van der Waals surface area contributed by atoms with Crippen LogP contribution in [0, 0.1) is 0 Å². The van der Waals surface area contributed by atoms with E-state index in [0.717, 1.165) is 18.7 Å². The Bertz CT molecular complexity index is 311. The first-order valence-corrected chi connectivity index (χ1v) is 6.42. The zero-order valence-electron chi connectivity index (χ0n) is 10.7. The van der Waals surface area contributed by atoms with Gasteiger partial charge in [0.05, 0.1) is 5.69 Å². The molecule has 0 amide bonds. The van der Waals surface area contributed by atoms with Crippen molar-refractivity contribution in [3.8, 4) is 0 Å². The minimum Gasteiger partial charge on any atom is -0.297 e. The zero-order valence-corrected chi connectivity index (χ0v) is 11.4. The van der Waals surface area contributed by atoms with Crippen LogP contribution < -0.4 is 0 Å². The summed E-state index contributed by atoms with van der Waals surface area (Å²) in [6.07, 6.45) is 3.16. The Labute approximate surface area is 103 Å². The Morgan fingerprint density at radius 3 is 2.75 bits per heavy atom. The van der Waals surface area contributed by atoms with Crippen molar-refractivity contribution < 1.29 is 0 Å². The molecule has 0 saturated carbocycles. The molecule has 3 nitrogen and oxygen atoms in total. The van der Waals surface area contributed by atoms with Crippen LogP contribution in [0.15, 0.2) is 12.3 Å². The van der Waals surface area contributed by atoms with Gasteiger partial charge in [-0.25, -0.2) is 0 Å². The topological polar surface area (TPSA) is 21.1 Å². The fourth-order valence-electron chi connectivity index (χ4n) is 1.42. The quantitative estimate of drug-likeness (QED) is 0.717. The Kier molecular flexibility index (Phi) is 5.29. The third kappa shape index (κ3) is 3.49. The molecule has 1 rings (SSSR count). The summed E-state index contributed by atoms with van der Waals surface area (Å²) < 4.78 is 2.04. The second-order valence-corrected chi connectivity index (χ2v) is 4.77. The predicted octanol–water partition coefficient (Wildman–Crippen LogP) is 2.91. The highest BCUT2D eigenvalue weighted by molar-refractivity contribution is 6.18. The fraction of sp³-hybridized carbons (Fsp3) is 0.750. The first-order chi connectivity index (χ1) is 7.58. The SMILES string of the molecule is CCC(C)n1ccc(CN(C)C(C)CCl)n1. The zero-order chi connectivity index (χ0) is 12.1. The maximum atomic E-state index is 5.82. The standard InChI is InChI=1S/C12H22ClN3/c1-5-10(2)16-7-6-12(14-16)9-15(4)11(3)8-13/h6-7,10-11H,5,8-9H2,1-4H3. The second kappa shape index (κ2) is 6.26. The van der Waals surface area contributed by atoms with Crippen LogP contribution in [-0.4, -0.2) is 33.6 Å². The van der Waals surface area contributed by atoms with Crippen LogP contribution in [0.1, 0.15) is 38.9 Å². The van der Waals surface area contributed by atoms with Crippen molar-refractivity contribution in [1.82, 2.24) is 14.7 Å². The highest BCUT2D eigenvalue weighted by atomic mass is 35.5. The summed E-state index contributed by atoms with van der Waals surface area (Å²) in [5.74, 6) is 0.655. The smallest absolute Gasteiger partial charge is 0.0764 e. The maximum Gasteiger partial charge on any atom is 0.0764 e. The molecular formula is C12H22ClN3. The molecule has 1 aromatic heterocycles. The van der Waals surface area contributed by atoms with Gasteiger partial charge < -0.3 is 0 Å². The van der Waals surface area contributed by atoms with Crippen LogP contribution in [0.4, 0.5) is 0 Å². The molecular weight excluding hydrogens is 222 g/mol. The summed E-state index contributed by atoms with van der Waals surface area (Å²) >= 11 is 5.82. The molecule has 0 aliphatic rings. The van der Waals surface area contributed by atoms with Crippen molar-refractivity contribution in [2.45, 2.75) is 45.8 Å². The van der Waals surface area contributed by atoms with Gasteiger partial charge in [-0.3, -0.25) is 9.58 Å². The molecule has 1 aromatic rings. The van der Waals surface area contributed by atoms with Crippen LogP contribution in [0.25, 0.3) is 0 Å². The van der Waals surface area contributed by atoms with Crippen molar-refractivity contribution in [2.75, 3.05) is 12.9 Å². The molecule has 0 radical (unpaired) electrons. The molecule has 0 fully saturated rings. The van der Waals surface area contributed by atoms with Gasteiger partial charge in [-0.1, -0.05) is 6.92 Å². The van der Waals surface area contributed by atoms with Crippen molar-refractivity contribution in [1.29, 1.82) is 0 Å². The summed E-state index contributed by atoms with van der Waals surface area (Å²) in [7, 11) is 2.08. The number of nitrogens with zero attached hydrogens (tertiary/aromatic N) is 3. The van der Waals surface area contributed by atoms with E-state index in [0.29, 0.717) is 18.0 Å². The van der Waals surface area contributed by atoms with Crippen molar-refractivity contribution in [3.05, 3.63) is 18.0 Å². The molecule has 0 aliphatic carbocycles. The van der Waals surface area contributed by atoms with E-state index in [4.69, 9.17) is 11.6 Å². The van der Waals surface area contributed by atoms with Gasteiger partial charge in [0.1, 0.15) is 0 Å². The number of hydrogen-bond acceptors (Lipinski definition) is 2. The van der Waals surface area contributed by atoms with E-state index in [9.17, 15) is 0 Å². The van der Waals surface area contributed by atoms with E-state index in [2.05, 4.69) is 50.1 Å². The monoisotopic (exact) mass is 243 g/mol. The van der Waals surface area contributed by atoms with E-state index in [1.54, 1.807) is 0 Å². The summed E-state index contributed by atoms with van der Waals surface area (Å²) in [5.41, 5.74) is 1.11. The van der Waals surface area contributed by atoms with Crippen LogP contribution in [-0.2, 0) is 6.54 Å². The first-order valence-electron chi connectivity index (χ1n) is 5.88. The van der Waals surface area contributed by atoms with E-state index < -0.39 is 0 Å². The molecule has 0 N–H and O–H groups in total. The Morgan fingerprint density at radius 1 is 1.50 bits per heavy atom. The highest BCUT2D eigenvalue weighted by Gasteiger charge is 2.10. The Balaban J connectivity index is 2.58. The minimum atomic E-state index is 0.385. The Morgan fingerprint density at radius 2 is 2.19 bits per heavy atom. The van der Waals surface area contributed by atoms with E-state index in [1.165, 1.54) is 0 Å². The van der Waals surface area contributed by atoms with Gasteiger partial charge in [0.15, 0.2) is 0 Å². The summed E-state index contributed by atoms with van der Waals surface area (Å²) in [6, 6.07) is 2.95. The van der Waals surface area contributed by atoms with Crippen LogP contribution in [0.5, 0.6) is 0 Å². The molecule has 0 bridgehead atoms. The van der Waals surface area contributed by atoms with Crippen LogP contribution >= 0.6 is 11.6 Å². The van der Waals surface area contributed by atoms with E-state index >= 15 is 0 Å². The average Bonchev–Trinajstić information content (AvgIpc) is 2.75. The van der Waals surface area contributed by atoms with Gasteiger partial charge in [0, 0.05) is 30.7 Å². The van der Waals surface area contributed by atoms with Gasteiger partial charge >= 0.3 is 0 Å². The largest absolute Gasteiger partial charge is 0.297 e. The molecule has 0 aliphatic heterocycles. The first kappa shape index (κ1) is 13.5. The number of aromatic nitrogens is 2. The summed E-state index contributed by atoms with van der Waals surface area (Å²) in [5, 5.41) is 4.57. The summed E-state index contributed by atoms with van der Waals surface area (Å²) in [6.45, 7) is 7.34. The molecule has 0 saturated heterocycles. The molecule has 92 valence electrons. The molecule has 2 unspecified atom stereocenters. The molecule has 2 atom stereocenters. The lowest BCUT2D eigenvalue weighted by molar-refractivity contribution is 0.263. The van der Waals surface area contributed by atoms with Crippen LogP contribution in [0.2, 0.25) is 0 Å². The van der Waals surface area contributed by atoms with Crippen molar-refractivity contribution in [2.24, 2.45) is 0 Å². The second-order valence-electron chi connectivity index (χ2n) is 4.46. The lowest BCUT2D eigenvalue weighted by Gasteiger charge is -2.21. The van der Waals surface area contributed by atoms with Crippen LogP contribution in [0.3, 0.4) is 0 Å². The number of hydrogen-bond donors (Lipinski definition) is 0. The highest BCUT2D eigenvalue weighted by Crippen LogP contribution is 2.11. The molecule has 1 heterocycles. The molecule has 4 heteroatoms. The van der Waals surface area contributed by atoms with Gasteiger partial charge in [-0.15, -0.1) is 11.6 Å². The van der Waals surface area contributed by atoms with Gasteiger partial charge in [0.25, 0.3) is 0 Å². The predicted molar refractivity (Wildman–Crippen MR) is 68.9 cm³/mol. The van der Waals surface area contributed by atoms with Crippen molar-refractivity contribution >= 4 is 11.6 Å². The normalized spacial score (nSPS) is 15.4. The van der Waals surface area contributed by atoms with E-state index in [1.807, 2.05) is 4.68 Å². The van der Waals surface area contributed by atoms with Gasteiger partial charge in [0.2, 0.25) is 0 Å². The third-order valence-electron chi connectivity index (χ3n) is 3.09. The van der Waals surface area contributed by atoms with Gasteiger partial charge in [-0.05, 0) is 33.4 Å². The summed E-state index contributed by atoms with van der Waals surface area (Å²) in [4.78, 5) is 2.22. The lowest BCUT2D eigenvalue weighted by Crippen LogP contribution is -2.30. The Hall–Kier alpha value is -0.540. The minimum absolute atomic E-state index is 0.385. The fourth-order valence-corrected chi connectivity index (χ4v) is 1.66. The number of rotatable bonds is 6. The van der Waals surface area contributed by atoms with Gasteiger partial charge in [-0.2, -0.15) is 5.10 Å². The number of alkyl halides is 1. The molecule has 0 spiro atoms. The number of halogens is 1. The van der Waals surface area contributed by atoms with E-state index in [-0.39, 0.29) is 0 Å². The molecule has 0 aromatic carbocycles. The average molecular weight is 244 g/mol. The molecule has 16 heavy (non-hydrogen) atoms. The third-order valence-corrected chi connectivity index (χ3v) is 3.54. The maximum absolute atomic E-state index is 5.82. The van der Waals surface area contributed by atoms with Crippen molar-refractivity contribution in [3.63, 3.8) is 0 Å². The lowest BCUT2D eigenvalue weighted by atomic mass is 10.3.